The second-order valence-electron chi connectivity index (χ2n) is 9.58. The minimum atomic E-state index is -3.51. The molecule has 1 fully saturated rings. The van der Waals surface area contributed by atoms with Crippen LogP contribution in [0.5, 0.6) is 0 Å². The van der Waals surface area contributed by atoms with Crippen molar-refractivity contribution in [1.29, 1.82) is 0 Å². The minimum Gasteiger partial charge on any atom is -0.368 e. The first kappa shape index (κ1) is 22.1. The lowest BCUT2D eigenvalue weighted by atomic mass is 9.94. The molecule has 33 heavy (non-hydrogen) atoms. The summed E-state index contributed by atoms with van der Waals surface area (Å²) in [5.41, 5.74) is 2.50. The fourth-order valence-electron chi connectivity index (χ4n) is 5.23. The number of fused-ring (bicyclic) bond motifs is 2. The molecule has 0 amide bonds. The summed E-state index contributed by atoms with van der Waals surface area (Å²) in [6, 6.07) is 22.3. The normalized spacial score (nSPS) is 20.1. The Bertz CT molecular complexity index is 1300. The van der Waals surface area contributed by atoms with Crippen LogP contribution in [0.15, 0.2) is 83.8 Å². The summed E-state index contributed by atoms with van der Waals surface area (Å²) in [5, 5.41) is 2.56. The Labute approximate surface area is 197 Å². The molecule has 0 aliphatic carbocycles. The molecule has 2 aliphatic rings. The summed E-state index contributed by atoms with van der Waals surface area (Å²) in [7, 11) is -3.51. The van der Waals surface area contributed by atoms with Crippen LogP contribution in [0.1, 0.15) is 19.4 Å². The van der Waals surface area contributed by atoms with Gasteiger partial charge in [0.25, 0.3) is 0 Å². The van der Waals surface area contributed by atoms with E-state index < -0.39 is 15.6 Å². The van der Waals surface area contributed by atoms with Gasteiger partial charge < -0.3 is 4.90 Å². The molecule has 0 atom stereocenters. The van der Waals surface area contributed by atoms with Crippen molar-refractivity contribution in [2.75, 3.05) is 44.2 Å². The maximum absolute atomic E-state index is 13.2. The van der Waals surface area contributed by atoms with E-state index in [4.69, 9.17) is 0 Å². The highest BCUT2D eigenvalue weighted by molar-refractivity contribution is 7.89. The van der Waals surface area contributed by atoms with Crippen LogP contribution < -0.4 is 4.90 Å². The van der Waals surface area contributed by atoms with Gasteiger partial charge in [-0.2, -0.15) is 4.31 Å². The zero-order valence-corrected chi connectivity index (χ0v) is 20.2. The summed E-state index contributed by atoms with van der Waals surface area (Å²) >= 11 is 0. The summed E-state index contributed by atoms with van der Waals surface area (Å²) < 4.78 is 28.0. The number of rotatable bonds is 5. The summed E-state index contributed by atoms with van der Waals surface area (Å²) in [6.07, 6.45) is 0. The van der Waals surface area contributed by atoms with Gasteiger partial charge >= 0.3 is 0 Å². The second-order valence-corrected chi connectivity index (χ2v) is 11.4. The molecule has 3 aromatic carbocycles. The van der Waals surface area contributed by atoms with Gasteiger partial charge in [-0.25, -0.2) is 8.42 Å². The fourth-order valence-corrected chi connectivity index (χ4v) is 7.37. The molecule has 5 nitrogen and oxygen atoms in total. The van der Waals surface area contributed by atoms with Gasteiger partial charge in [0, 0.05) is 50.3 Å². The Balaban J connectivity index is 1.23. The van der Waals surface area contributed by atoms with Gasteiger partial charge in [-0.1, -0.05) is 61.2 Å². The molecule has 0 unspecified atom stereocenters. The van der Waals surface area contributed by atoms with Gasteiger partial charge in [-0.05, 0) is 42.5 Å². The topological polar surface area (TPSA) is 43.9 Å². The second kappa shape index (κ2) is 8.28. The highest BCUT2D eigenvalue weighted by Crippen LogP contribution is 2.43. The first-order valence-electron chi connectivity index (χ1n) is 11.5. The number of anilines is 1. The maximum Gasteiger partial charge on any atom is 0.244 e. The van der Waals surface area contributed by atoms with Crippen molar-refractivity contribution < 1.29 is 8.42 Å². The Morgan fingerprint density at radius 1 is 0.879 bits per heavy atom. The van der Waals surface area contributed by atoms with Crippen molar-refractivity contribution in [3.05, 3.63) is 84.4 Å². The number of sulfonamides is 1. The van der Waals surface area contributed by atoms with Gasteiger partial charge in [0.2, 0.25) is 10.0 Å². The maximum atomic E-state index is 13.2. The molecular weight excluding hydrogens is 430 g/mol. The van der Waals surface area contributed by atoms with Crippen molar-refractivity contribution in [3.8, 4) is 0 Å². The van der Waals surface area contributed by atoms with Crippen molar-refractivity contribution in [3.63, 3.8) is 0 Å². The average Bonchev–Trinajstić information content (AvgIpc) is 2.97. The molecule has 3 aromatic rings. The minimum absolute atomic E-state index is 0.341. The van der Waals surface area contributed by atoms with Crippen LogP contribution in [0, 0.1) is 0 Å². The first-order valence-corrected chi connectivity index (χ1v) is 13.0. The first-order chi connectivity index (χ1) is 15.8. The lowest BCUT2D eigenvalue weighted by Crippen LogP contribution is -2.48. The van der Waals surface area contributed by atoms with Gasteiger partial charge in [0.15, 0.2) is 0 Å². The fraction of sp³-hybridized carbons (Fsp3) is 0.333. The summed E-state index contributed by atoms with van der Waals surface area (Å²) in [6.45, 7) is 13.0. The van der Waals surface area contributed by atoms with E-state index >= 15 is 0 Å². The number of hydrogen-bond donors (Lipinski definition) is 0. The van der Waals surface area contributed by atoms with Crippen LogP contribution in [0.25, 0.3) is 10.8 Å². The molecule has 0 radical (unpaired) electrons. The zero-order chi connectivity index (χ0) is 23.2. The van der Waals surface area contributed by atoms with Gasteiger partial charge in [0.1, 0.15) is 0 Å². The predicted molar refractivity (Wildman–Crippen MR) is 135 cm³/mol. The van der Waals surface area contributed by atoms with Crippen molar-refractivity contribution >= 4 is 26.5 Å². The average molecular weight is 462 g/mol. The SMILES string of the molecule is C=C(CN1CCN(c2cccc3ccccc23)CC1)CN1C(C)(C)c2ccccc2S1(=O)=O. The highest BCUT2D eigenvalue weighted by Gasteiger charge is 2.47. The van der Waals surface area contributed by atoms with E-state index in [1.165, 1.54) is 16.5 Å². The van der Waals surface area contributed by atoms with Gasteiger partial charge in [0.05, 0.1) is 10.4 Å². The van der Waals surface area contributed by atoms with E-state index in [1.54, 1.807) is 16.4 Å². The predicted octanol–water partition coefficient (Wildman–Crippen LogP) is 4.46. The summed E-state index contributed by atoms with van der Waals surface area (Å²) in [5.74, 6) is 0. The monoisotopic (exact) mass is 461 g/mol. The van der Waals surface area contributed by atoms with E-state index in [0.29, 0.717) is 18.0 Å². The molecule has 0 saturated carbocycles. The standard InChI is InChI=1S/C27H31N3O2S/c1-21(20-30-27(2,3)24-12-6-7-14-26(24)33(30,31)32)19-28-15-17-29(18-16-28)25-13-8-10-22-9-4-5-11-23(22)25/h4-14H,1,15-20H2,2-3H3. The van der Waals surface area contributed by atoms with E-state index in [9.17, 15) is 8.42 Å². The third kappa shape index (κ3) is 3.86. The molecule has 6 heteroatoms. The van der Waals surface area contributed by atoms with Crippen LogP contribution in [0.4, 0.5) is 5.69 Å². The quantitative estimate of drug-likeness (QED) is 0.527. The molecule has 0 N–H and O–H groups in total. The zero-order valence-electron chi connectivity index (χ0n) is 19.4. The number of hydrogen-bond acceptors (Lipinski definition) is 4. The van der Waals surface area contributed by atoms with Crippen LogP contribution in [-0.2, 0) is 15.6 Å². The van der Waals surface area contributed by atoms with Crippen LogP contribution in [0.2, 0.25) is 0 Å². The van der Waals surface area contributed by atoms with E-state index in [-0.39, 0.29) is 0 Å². The van der Waals surface area contributed by atoms with Crippen LogP contribution >= 0.6 is 0 Å². The lowest BCUT2D eigenvalue weighted by molar-refractivity contribution is 0.240. The highest BCUT2D eigenvalue weighted by atomic mass is 32.2. The molecule has 0 bridgehead atoms. The van der Waals surface area contributed by atoms with E-state index in [1.807, 2.05) is 26.0 Å². The van der Waals surface area contributed by atoms with Gasteiger partial charge in [-0.15, -0.1) is 0 Å². The molecule has 1 saturated heterocycles. The van der Waals surface area contributed by atoms with Crippen molar-refractivity contribution in [1.82, 2.24) is 9.21 Å². The molecule has 172 valence electrons. The molecule has 5 rings (SSSR count). The molecule has 2 aliphatic heterocycles. The van der Waals surface area contributed by atoms with Gasteiger partial charge in [-0.3, -0.25) is 4.90 Å². The summed E-state index contributed by atoms with van der Waals surface area (Å²) in [4.78, 5) is 5.26. The largest absolute Gasteiger partial charge is 0.368 e. The molecule has 0 aromatic heterocycles. The Morgan fingerprint density at radius 2 is 1.55 bits per heavy atom. The smallest absolute Gasteiger partial charge is 0.244 e. The van der Waals surface area contributed by atoms with Crippen LogP contribution in [0.3, 0.4) is 0 Å². The van der Waals surface area contributed by atoms with Crippen molar-refractivity contribution in [2.45, 2.75) is 24.3 Å². The third-order valence-electron chi connectivity index (χ3n) is 7.03. The number of benzene rings is 3. The van der Waals surface area contributed by atoms with Crippen LogP contribution in [-0.4, -0.2) is 56.9 Å². The molecule has 0 spiro atoms. The van der Waals surface area contributed by atoms with E-state index in [0.717, 1.165) is 37.3 Å². The Morgan fingerprint density at radius 3 is 2.30 bits per heavy atom. The Kier molecular flexibility index (Phi) is 5.55. The number of nitrogens with zero attached hydrogens (tertiary/aromatic N) is 3. The molecule has 2 heterocycles. The van der Waals surface area contributed by atoms with Crippen molar-refractivity contribution in [2.24, 2.45) is 0 Å². The number of piperazine rings is 1. The lowest BCUT2D eigenvalue weighted by Gasteiger charge is -2.38. The van der Waals surface area contributed by atoms with E-state index in [2.05, 4.69) is 58.8 Å². The molecular formula is C27H31N3O2S. The third-order valence-corrected chi connectivity index (χ3v) is 9.11. The Hall–Kier alpha value is -2.67.